The molecular weight excluding hydrogens is 154 g/mol. The fraction of sp³-hybridized carbons (Fsp3) is 0.750. The molecule has 12 heavy (non-hydrogen) atoms. The second kappa shape index (κ2) is 2.55. The summed E-state index contributed by atoms with van der Waals surface area (Å²) >= 11 is 0. The van der Waals surface area contributed by atoms with Crippen LogP contribution in [-0.2, 0) is 0 Å². The predicted molar refractivity (Wildman–Crippen MR) is 46.4 cm³/mol. The summed E-state index contributed by atoms with van der Waals surface area (Å²) < 4.78 is 0. The molecule has 2 unspecified atom stereocenters. The summed E-state index contributed by atoms with van der Waals surface area (Å²) in [5, 5.41) is 16.3. The normalized spacial score (nSPS) is 37.8. The molecule has 0 spiro atoms. The zero-order chi connectivity index (χ0) is 8.72. The number of aliphatic imine (C=N–C) groups is 1. The monoisotopic (exact) mass is 167 g/mol. The lowest BCUT2D eigenvalue weighted by molar-refractivity contribution is 0.245. The van der Waals surface area contributed by atoms with Crippen molar-refractivity contribution >= 4 is 12.7 Å². The summed E-state index contributed by atoms with van der Waals surface area (Å²) in [6, 6.07) is 0. The molecule has 2 rings (SSSR count). The van der Waals surface area contributed by atoms with E-state index in [0.717, 1.165) is 13.1 Å². The highest BCUT2D eigenvalue weighted by Crippen LogP contribution is 2.51. The summed E-state index contributed by atoms with van der Waals surface area (Å²) in [5.74, 6) is 1.99. The van der Waals surface area contributed by atoms with E-state index in [4.69, 9.17) is 10.5 Å². The summed E-state index contributed by atoms with van der Waals surface area (Å²) in [5.41, 5.74) is 0. The molecule has 2 fully saturated rings. The highest BCUT2D eigenvalue weighted by Gasteiger charge is 2.55. The molecule has 1 aliphatic carbocycles. The molecule has 0 aromatic heterocycles. The zero-order valence-corrected chi connectivity index (χ0v) is 6.90. The maximum Gasteiger partial charge on any atom is 0.217 e. The van der Waals surface area contributed by atoms with E-state index < -0.39 is 0 Å². The second-order valence-electron chi connectivity index (χ2n) is 3.56. The fourth-order valence-electron chi connectivity index (χ4n) is 2.19. The van der Waals surface area contributed by atoms with E-state index in [1.165, 1.54) is 0 Å². The summed E-state index contributed by atoms with van der Waals surface area (Å²) in [6.07, 6.45) is 0. The minimum Gasteiger partial charge on any atom is -0.396 e. The fourth-order valence-corrected chi connectivity index (χ4v) is 2.19. The number of nitrogens with one attached hydrogen (secondary N) is 1. The molecule has 1 saturated heterocycles. The number of nitrogens with zero attached hydrogens (tertiary/aromatic N) is 2. The molecule has 66 valence electrons. The predicted octanol–water partition coefficient (Wildman–Crippen LogP) is -0.208. The van der Waals surface area contributed by atoms with E-state index in [2.05, 4.69) is 11.7 Å². The Labute approximate surface area is 71.4 Å². The van der Waals surface area contributed by atoms with Gasteiger partial charge in [0.05, 0.1) is 0 Å². The van der Waals surface area contributed by atoms with Gasteiger partial charge in [-0.05, 0) is 24.5 Å². The first kappa shape index (κ1) is 7.73. The van der Waals surface area contributed by atoms with Gasteiger partial charge in [0.25, 0.3) is 0 Å². The number of hydrogen-bond acceptors (Lipinski definition) is 2. The number of aliphatic hydroxyl groups is 1. The average Bonchev–Trinajstić information content (AvgIpc) is 2.56. The van der Waals surface area contributed by atoms with Crippen molar-refractivity contribution in [3.8, 4) is 0 Å². The van der Waals surface area contributed by atoms with Gasteiger partial charge in [-0.3, -0.25) is 5.41 Å². The minimum absolute atomic E-state index is 0.277. The lowest BCUT2D eigenvalue weighted by Crippen LogP contribution is -2.29. The Morgan fingerprint density at radius 2 is 2.17 bits per heavy atom. The van der Waals surface area contributed by atoms with Crippen LogP contribution in [-0.4, -0.2) is 42.4 Å². The molecule has 1 aliphatic heterocycles. The molecule has 1 heterocycles. The van der Waals surface area contributed by atoms with Crippen LogP contribution in [0.4, 0.5) is 0 Å². The second-order valence-corrected chi connectivity index (χ2v) is 3.56. The lowest BCUT2D eigenvalue weighted by Gasteiger charge is -2.18. The summed E-state index contributed by atoms with van der Waals surface area (Å²) in [7, 11) is 0. The van der Waals surface area contributed by atoms with Crippen molar-refractivity contribution < 1.29 is 5.11 Å². The van der Waals surface area contributed by atoms with Crippen LogP contribution in [0.5, 0.6) is 0 Å². The van der Waals surface area contributed by atoms with Crippen molar-refractivity contribution in [3.63, 3.8) is 0 Å². The molecule has 0 aromatic carbocycles. The van der Waals surface area contributed by atoms with Gasteiger partial charge in [0.1, 0.15) is 0 Å². The van der Waals surface area contributed by atoms with E-state index in [1.807, 2.05) is 4.90 Å². The van der Waals surface area contributed by atoms with Crippen molar-refractivity contribution in [2.24, 2.45) is 22.7 Å². The zero-order valence-electron chi connectivity index (χ0n) is 6.90. The van der Waals surface area contributed by atoms with Crippen LogP contribution in [0.2, 0.25) is 0 Å². The Bertz CT molecular complexity index is 216. The Morgan fingerprint density at radius 3 is 2.58 bits per heavy atom. The first-order valence-electron chi connectivity index (χ1n) is 4.19. The number of likely N-dealkylation sites (tertiary alicyclic amines) is 1. The van der Waals surface area contributed by atoms with E-state index in [-0.39, 0.29) is 5.96 Å². The number of aliphatic hydroxyl groups excluding tert-OH is 1. The lowest BCUT2D eigenvalue weighted by atomic mass is 10.3. The number of rotatable bonds is 1. The van der Waals surface area contributed by atoms with Crippen LogP contribution in [0.3, 0.4) is 0 Å². The van der Waals surface area contributed by atoms with Gasteiger partial charge >= 0.3 is 0 Å². The molecule has 2 atom stereocenters. The Hall–Kier alpha value is -0.900. The van der Waals surface area contributed by atoms with Crippen molar-refractivity contribution in [2.75, 3.05) is 19.7 Å². The molecule has 1 saturated carbocycles. The van der Waals surface area contributed by atoms with E-state index in [0.29, 0.717) is 24.4 Å². The molecule has 2 aliphatic rings. The van der Waals surface area contributed by atoms with Gasteiger partial charge < -0.3 is 10.0 Å². The van der Waals surface area contributed by atoms with Gasteiger partial charge in [0, 0.05) is 19.7 Å². The number of piperidine rings is 1. The highest BCUT2D eigenvalue weighted by molar-refractivity contribution is 5.81. The molecule has 4 heteroatoms. The highest BCUT2D eigenvalue weighted by atomic mass is 16.3. The van der Waals surface area contributed by atoms with E-state index in [9.17, 15) is 0 Å². The van der Waals surface area contributed by atoms with E-state index >= 15 is 0 Å². The Balaban J connectivity index is 1.89. The maximum absolute atomic E-state index is 8.89. The first-order valence-corrected chi connectivity index (χ1v) is 4.19. The van der Waals surface area contributed by atoms with Gasteiger partial charge in [-0.15, -0.1) is 0 Å². The molecule has 0 aromatic rings. The maximum atomic E-state index is 8.89. The largest absolute Gasteiger partial charge is 0.396 e. The van der Waals surface area contributed by atoms with Crippen LogP contribution in [0.15, 0.2) is 4.99 Å². The third kappa shape index (κ3) is 0.948. The molecule has 0 radical (unpaired) electrons. The smallest absolute Gasteiger partial charge is 0.217 e. The average molecular weight is 167 g/mol. The SMILES string of the molecule is C=NC(=N)N1CC2C(CO)C2C1. The standard InChI is InChI=1S/C8H13N3O/c1-10-8(9)11-2-5-6(3-11)7(5)4-12/h5-7,9,12H,1-4H2. The van der Waals surface area contributed by atoms with Gasteiger partial charge in [-0.25, -0.2) is 4.99 Å². The van der Waals surface area contributed by atoms with Gasteiger partial charge in [-0.1, -0.05) is 0 Å². The van der Waals surface area contributed by atoms with Gasteiger partial charge in [-0.2, -0.15) is 0 Å². The van der Waals surface area contributed by atoms with Crippen LogP contribution in [0.25, 0.3) is 0 Å². The Kier molecular flexibility index (Phi) is 1.65. The third-order valence-corrected chi connectivity index (χ3v) is 3.03. The number of hydrogen-bond donors (Lipinski definition) is 2. The molecule has 2 N–H and O–H groups in total. The minimum atomic E-state index is 0.277. The number of guanidine groups is 1. The van der Waals surface area contributed by atoms with Crippen molar-refractivity contribution in [3.05, 3.63) is 0 Å². The van der Waals surface area contributed by atoms with Gasteiger partial charge in [0.2, 0.25) is 5.96 Å². The van der Waals surface area contributed by atoms with Crippen LogP contribution in [0.1, 0.15) is 0 Å². The molecular formula is C8H13N3O. The van der Waals surface area contributed by atoms with Crippen LogP contribution in [0, 0.1) is 23.2 Å². The quantitative estimate of drug-likeness (QED) is 0.419. The first-order chi connectivity index (χ1) is 5.77. The van der Waals surface area contributed by atoms with Crippen LogP contribution >= 0.6 is 0 Å². The molecule has 4 nitrogen and oxygen atoms in total. The van der Waals surface area contributed by atoms with E-state index in [1.54, 1.807) is 0 Å². The van der Waals surface area contributed by atoms with Gasteiger partial charge in [0.15, 0.2) is 0 Å². The third-order valence-electron chi connectivity index (χ3n) is 3.03. The van der Waals surface area contributed by atoms with Crippen LogP contribution < -0.4 is 0 Å². The molecule has 0 amide bonds. The van der Waals surface area contributed by atoms with Crippen molar-refractivity contribution in [1.29, 1.82) is 5.41 Å². The number of fused-ring (bicyclic) bond motifs is 1. The Morgan fingerprint density at radius 1 is 1.58 bits per heavy atom. The van der Waals surface area contributed by atoms with Crippen molar-refractivity contribution in [1.82, 2.24) is 4.90 Å². The van der Waals surface area contributed by atoms with Crippen molar-refractivity contribution in [2.45, 2.75) is 0 Å². The summed E-state index contributed by atoms with van der Waals surface area (Å²) in [4.78, 5) is 5.50. The topological polar surface area (TPSA) is 59.7 Å². The molecule has 0 bridgehead atoms. The summed E-state index contributed by atoms with van der Waals surface area (Å²) in [6.45, 7) is 5.39.